The van der Waals surface area contributed by atoms with Gasteiger partial charge in [0.15, 0.2) is 11.2 Å². The van der Waals surface area contributed by atoms with Crippen LogP contribution in [0.15, 0.2) is 63.8 Å². The van der Waals surface area contributed by atoms with Crippen molar-refractivity contribution in [1.29, 1.82) is 0 Å². The Morgan fingerprint density at radius 2 is 1.30 bits per heavy atom. The van der Waals surface area contributed by atoms with Crippen LogP contribution in [0.5, 0.6) is 0 Å². The number of benzene rings is 3. The SMILES string of the molecule is O=c1cc(C(Cl)(Cl)Cl)oc2c3ccccc3c3ccccc3c12. The van der Waals surface area contributed by atoms with Gasteiger partial charge in [0.25, 0.3) is 0 Å². The molecule has 0 bridgehead atoms. The highest BCUT2D eigenvalue weighted by molar-refractivity contribution is 6.66. The topological polar surface area (TPSA) is 30.2 Å². The van der Waals surface area contributed by atoms with Gasteiger partial charge in [0.2, 0.25) is 3.79 Å². The van der Waals surface area contributed by atoms with Crippen LogP contribution >= 0.6 is 34.8 Å². The Balaban J connectivity index is 2.35. The lowest BCUT2D eigenvalue weighted by Crippen LogP contribution is -2.09. The fourth-order valence-electron chi connectivity index (χ4n) is 2.93. The van der Waals surface area contributed by atoms with E-state index in [0.717, 1.165) is 21.5 Å². The lowest BCUT2D eigenvalue weighted by atomic mass is 9.97. The molecule has 0 fully saturated rings. The Kier molecular flexibility index (Phi) is 3.31. The second kappa shape index (κ2) is 5.13. The van der Waals surface area contributed by atoms with Gasteiger partial charge in [0.1, 0.15) is 5.58 Å². The third kappa shape index (κ3) is 2.29. The monoisotopic (exact) mass is 362 g/mol. The zero-order valence-electron chi connectivity index (χ0n) is 11.6. The van der Waals surface area contributed by atoms with Crippen molar-refractivity contribution >= 4 is 67.3 Å². The molecule has 0 spiro atoms. The van der Waals surface area contributed by atoms with Crippen LogP contribution in [0.2, 0.25) is 0 Å². The van der Waals surface area contributed by atoms with E-state index in [1.807, 2.05) is 48.5 Å². The quantitative estimate of drug-likeness (QED) is 0.286. The summed E-state index contributed by atoms with van der Waals surface area (Å²) in [7, 11) is 0. The predicted molar refractivity (Wildman–Crippen MR) is 96.7 cm³/mol. The van der Waals surface area contributed by atoms with Gasteiger partial charge in [0, 0.05) is 11.5 Å². The first-order valence-corrected chi connectivity index (χ1v) is 8.05. The first-order chi connectivity index (χ1) is 11.0. The molecule has 0 saturated carbocycles. The molecule has 0 saturated heterocycles. The third-order valence-electron chi connectivity index (χ3n) is 3.89. The lowest BCUT2D eigenvalue weighted by Gasteiger charge is -2.13. The summed E-state index contributed by atoms with van der Waals surface area (Å²) in [5.41, 5.74) is 0.211. The maximum Gasteiger partial charge on any atom is 0.248 e. The van der Waals surface area contributed by atoms with Crippen LogP contribution in [0, 0.1) is 0 Å². The van der Waals surface area contributed by atoms with Crippen molar-refractivity contribution in [3.63, 3.8) is 0 Å². The molecule has 0 aliphatic heterocycles. The molecule has 4 aromatic rings. The van der Waals surface area contributed by atoms with E-state index in [4.69, 9.17) is 39.2 Å². The summed E-state index contributed by atoms with van der Waals surface area (Å²) in [6, 6.07) is 16.7. The van der Waals surface area contributed by atoms with E-state index < -0.39 is 3.79 Å². The van der Waals surface area contributed by atoms with Crippen molar-refractivity contribution < 1.29 is 4.42 Å². The zero-order chi connectivity index (χ0) is 16.2. The van der Waals surface area contributed by atoms with E-state index in [2.05, 4.69) is 0 Å². The van der Waals surface area contributed by atoms with Crippen LogP contribution in [0.4, 0.5) is 0 Å². The molecule has 5 heteroatoms. The van der Waals surface area contributed by atoms with Crippen LogP contribution in [-0.2, 0) is 3.79 Å². The summed E-state index contributed by atoms with van der Waals surface area (Å²) in [5.74, 6) is 0.0143. The first-order valence-electron chi connectivity index (χ1n) is 6.91. The van der Waals surface area contributed by atoms with E-state index >= 15 is 0 Å². The molecule has 23 heavy (non-hydrogen) atoms. The first kappa shape index (κ1) is 14.8. The van der Waals surface area contributed by atoms with Gasteiger partial charge in [-0.15, -0.1) is 0 Å². The van der Waals surface area contributed by atoms with Crippen LogP contribution in [-0.4, -0.2) is 0 Å². The Morgan fingerprint density at radius 3 is 1.91 bits per heavy atom. The lowest BCUT2D eigenvalue weighted by molar-refractivity contribution is 0.548. The molecule has 4 rings (SSSR count). The highest BCUT2D eigenvalue weighted by Crippen LogP contribution is 2.40. The van der Waals surface area contributed by atoms with E-state index in [1.165, 1.54) is 6.07 Å². The average molecular weight is 364 g/mol. The summed E-state index contributed by atoms with van der Waals surface area (Å²) < 4.78 is 4.04. The highest BCUT2D eigenvalue weighted by atomic mass is 35.6. The number of halogens is 3. The van der Waals surface area contributed by atoms with Crippen LogP contribution < -0.4 is 5.43 Å². The van der Waals surface area contributed by atoms with Gasteiger partial charge in [-0.3, -0.25) is 4.79 Å². The van der Waals surface area contributed by atoms with Crippen molar-refractivity contribution in [3.05, 3.63) is 70.6 Å². The van der Waals surface area contributed by atoms with Gasteiger partial charge in [-0.2, -0.15) is 0 Å². The molecule has 0 aliphatic carbocycles. The van der Waals surface area contributed by atoms with E-state index in [1.54, 1.807) is 0 Å². The summed E-state index contributed by atoms with van der Waals surface area (Å²) in [4.78, 5) is 12.7. The fraction of sp³-hybridized carbons (Fsp3) is 0.0556. The molecule has 0 unspecified atom stereocenters. The average Bonchev–Trinajstić information content (AvgIpc) is 2.54. The Bertz CT molecular complexity index is 1120. The maximum atomic E-state index is 12.7. The molecule has 0 atom stereocenters. The highest BCUT2D eigenvalue weighted by Gasteiger charge is 2.28. The molecular formula is C18H9Cl3O2. The Labute approximate surface area is 146 Å². The predicted octanol–water partition coefficient (Wildman–Crippen LogP) is 5.93. The smallest absolute Gasteiger partial charge is 0.248 e. The van der Waals surface area contributed by atoms with E-state index in [0.29, 0.717) is 11.0 Å². The van der Waals surface area contributed by atoms with Crippen molar-refractivity contribution in [2.75, 3.05) is 0 Å². The standard InChI is InChI=1S/C18H9Cl3O2/c19-18(20,21)15-9-14(22)16-12-7-3-1-5-10(12)11-6-2-4-8-13(11)17(16)23-15/h1-9H. The molecule has 0 amide bonds. The number of hydrogen-bond acceptors (Lipinski definition) is 2. The van der Waals surface area contributed by atoms with E-state index in [-0.39, 0.29) is 11.2 Å². The number of alkyl halides is 3. The van der Waals surface area contributed by atoms with Gasteiger partial charge in [0.05, 0.1) is 5.39 Å². The number of rotatable bonds is 0. The van der Waals surface area contributed by atoms with Crippen LogP contribution in [0.25, 0.3) is 32.5 Å². The van der Waals surface area contributed by atoms with Crippen molar-refractivity contribution in [2.24, 2.45) is 0 Å². The largest absolute Gasteiger partial charge is 0.456 e. The van der Waals surface area contributed by atoms with Crippen LogP contribution in [0.1, 0.15) is 5.76 Å². The van der Waals surface area contributed by atoms with Gasteiger partial charge < -0.3 is 4.42 Å². The molecule has 0 aliphatic rings. The normalized spacial score (nSPS) is 12.3. The molecule has 1 heterocycles. The summed E-state index contributed by atoms with van der Waals surface area (Å²) in [6.45, 7) is 0. The molecule has 1 aromatic heterocycles. The third-order valence-corrected chi connectivity index (χ3v) is 4.44. The van der Waals surface area contributed by atoms with Crippen molar-refractivity contribution in [1.82, 2.24) is 0 Å². The zero-order valence-corrected chi connectivity index (χ0v) is 13.9. The number of hydrogen-bond donors (Lipinski definition) is 0. The Hall–Kier alpha value is -1.74. The second-order valence-electron chi connectivity index (χ2n) is 5.27. The van der Waals surface area contributed by atoms with Crippen molar-refractivity contribution in [2.45, 2.75) is 3.79 Å². The van der Waals surface area contributed by atoms with Crippen LogP contribution in [0.3, 0.4) is 0 Å². The minimum absolute atomic E-state index is 0.0143. The summed E-state index contributed by atoms with van der Waals surface area (Å²) in [5, 5.41) is 4.11. The summed E-state index contributed by atoms with van der Waals surface area (Å²) >= 11 is 17.7. The van der Waals surface area contributed by atoms with E-state index in [9.17, 15) is 4.79 Å². The van der Waals surface area contributed by atoms with Gasteiger partial charge in [-0.05, 0) is 16.2 Å². The molecule has 2 nitrogen and oxygen atoms in total. The van der Waals surface area contributed by atoms with Gasteiger partial charge >= 0.3 is 0 Å². The van der Waals surface area contributed by atoms with Gasteiger partial charge in [-0.1, -0.05) is 83.3 Å². The van der Waals surface area contributed by atoms with Crippen molar-refractivity contribution in [3.8, 4) is 0 Å². The fourth-order valence-corrected chi connectivity index (χ4v) is 3.21. The second-order valence-corrected chi connectivity index (χ2v) is 7.55. The number of fused-ring (bicyclic) bond motifs is 6. The molecular weight excluding hydrogens is 355 g/mol. The molecule has 114 valence electrons. The summed E-state index contributed by atoms with van der Waals surface area (Å²) in [6.07, 6.45) is 0. The maximum absolute atomic E-state index is 12.7. The molecule has 0 N–H and O–H groups in total. The minimum atomic E-state index is -1.79. The Morgan fingerprint density at radius 1 is 0.783 bits per heavy atom. The minimum Gasteiger partial charge on any atom is -0.456 e. The molecule has 0 radical (unpaired) electrons. The van der Waals surface area contributed by atoms with Gasteiger partial charge in [-0.25, -0.2) is 0 Å². The molecule has 3 aromatic carbocycles.